The molecule has 1 aromatic rings. The van der Waals surface area contributed by atoms with Gasteiger partial charge in [0.15, 0.2) is 0 Å². The van der Waals surface area contributed by atoms with Crippen LogP contribution in [0.5, 0.6) is 0 Å². The molecule has 0 atom stereocenters. The normalized spacial score (nSPS) is 30.8. The van der Waals surface area contributed by atoms with Crippen LogP contribution in [-0.2, 0) is 10.2 Å². The minimum Gasteiger partial charge on any atom is -0.379 e. The van der Waals surface area contributed by atoms with Crippen molar-refractivity contribution in [3.63, 3.8) is 0 Å². The zero-order chi connectivity index (χ0) is 12.6. The third kappa shape index (κ3) is 2.02. The van der Waals surface area contributed by atoms with Crippen molar-refractivity contribution in [1.82, 2.24) is 0 Å². The van der Waals surface area contributed by atoms with Crippen LogP contribution < -0.4 is 5.73 Å². The van der Waals surface area contributed by atoms with Gasteiger partial charge in [0.2, 0.25) is 0 Å². The summed E-state index contributed by atoms with van der Waals surface area (Å²) in [6.07, 6.45) is 4.81. The van der Waals surface area contributed by atoms with Crippen LogP contribution in [0.3, 0.4) is 0 Å². The quantitative estimate of drug-likeness (QED) is 0.910. The van der Waals surface area contributed by atoms with Crippen molar-refractivity contribution < 1.29 is 4.74 Å². The highest BCUT2D eigenvalue weighted by Crippen LogP contribution is 2.47. The second kappa shape index (κ2) is 4.95. The van der Waals surface area contributed by atoms with E-state index < -0.39 is 0 Å². The first kappa shape index (κ1) is 12.6. The lowest BCUT2D eigenvalue weighted by Crippen LogP contribution is -2.54. The average molecular weight is 310 g/mol. The third-order valence-electron chi connectivity index (χ3n) is 4.68. The van der Waals surface area contributed by atoms with E-state index in [1.54, 1.807) is 0 Å². The SMILES string of the molecule is NC1CCC(C2(c3ccccc3Br)COC2)CC1. The van der Waals surface area contributed by atoms with Gasteiger partial charge in [0.05, 0.1) is 13.2 Å². The number of ether oxygens (including phenoxy) is 1. The van der Waals surface area contributed by atoms with Gasteiger partial charge in [-0.25, -0.2) is 0 Å². The monoisotopic (exact) mass is 309 g/mol. The van der Waals surface area contributed by atoms with Gasteiger partial charge in [-0.15, -0.1) is 0 Å². The Morgan fingerprint density at radius 3 is 2.33 bits per heavy atom. The number of rotatable bonds is 2. The van der Waals surface area contributed by atoms with Crippen molar-refractivity contribution in [2.75, 3.05) is 13.2 Å². The minimum atomic E-state index is 0.236. The van der Waals surface area contributed by atoms with Crippen LogP contribution in [0.25, 0.3) is 0 Å². The van der Waals surface area contributed by atoms with E-state index in [9.17, 15) is 0 Å². The maximum Gasteiger partial charge on any atom is 0.0588 e. The van der Waals surface area contributed by atoms with Crippen LogP contribution in [0.2, 0.25) is 0 Å². The molecule has 2 aliphatic rings. The molecular weight excluding hydrogens is 290 g/mol. The Hall–Kier alpha value is -0.380. The van der Waals surface area contributed by atoms with E-state index in [4.69, 9.17) is 10.5 Å². The van der Waals surface area contributed by atoms with Crippen LogP contribution >= 0.6 is 15.9 Å². The van der Waals surface area contributed by atoms with Crippen molar-refractivity contribution in [2.45, 2.75) is 37.1 Å². The fourth-order valence-corrected chi connectivity index (χ4v) is 4.15. The summed E-state index contributed by atoms with van der Waals surface area (Å²) in [5.74, 6) is 0.727. The summed E-state index contributed by atoms with van der Waals surface area (Å²) in [5, 5.41) is 0. The Morgan fingerprint density at radius 1 is 1.11 bits per heavy atom. The van der Waals surface area contributed by atoms with Gasteiger partial charge >= 0.3 is 0 Å². The largest absolute Gasteiger partial charge is 0.379 e. The van der Waals surface area contributed by atoms with E-state index in [1.807, 2.05) is 0 Å². The molecule has 0 bridgehead atoms. The Labute approximate surface area is 117 Å². The molecule has 3 heteroatoms. The fourth-order valence-electron chi connectivity index (χ4n) is 3.47. The zero-order valence-corrected chi connectivity index (χ0v) is 12.2. The molecule has 0 spiro atoms. The number of hydrogen-bond donors (Lipinski definition) is 1. The second-order valence-corrected chi connectivity index (χ2v) is 6.59. The van der Waals surface area contributed by atoms with Gasteiger partial charge in [-0.05, 0) is 43.2 Å². The third-order valence-corrected chi connectivity index (χ3v) is 5.37. The molecule has 2 fully saturated rings. The number of hydrogen-bond acceptors (Lipinski definition) is 2. The van der Waals surface area contributed by atoms with Crippen LogP contribution in [-0.4, -0.2) is 19.3 Å². The van der Waals surface area contributed by atoms with Gasteiger partial charge in [-0.2, -0.15) is 0 Å². The smallest absolute Gasteiger partial charge is 0.0588 e. The summed E-state index contributed by atoms with van der Waals surface area (Å²) >= 11 is 3.71. The van der Waals surface area contributed by atoms with E-state index in [0.717, 1.165) is 32.0 Å². The van der Waals surface area contributed by atoms with Crippen molar-refractivity contribution in [3.8, 4) is 0 Å². The molecule has 0 unspecified atom stereocenters. The first-order chi connectivity index (χ1) is 8.72. The molecule has 1 heterocycles. The summed E-state index contributed by atoms with van der Waals surface area (Å²) in [5.41, 5.74) is 7.69. The predicted molar refractivity (Wildman–Crippen MR) is 76.6 cm³/mol. The number of benzene rings is 1. The first-order valence-corrected chi connectivity index (χ1v) is 7.60. The van der Waals surface area contributed by atoms with E-state index in [0.29, 0.717) is 6.04 Å². The summed E-state index contributed by atoms with van der Waals surface area (Å²) in [6, 6.07) is 9.02. The van der Waals surface area contributed by atoms with Crippen LogP contribution in [0.4, 0.5) is 0 Å². The highest BCUT2D eigenvalue weighted by molar-refractivity contribution is 9.10. The van der Waals surface area contributed by atoms with Crippen molar-refractivity contribution in [2.24, 2.45) is 11.7 Å². The Bertz CT molecular complexity index is 422. The molecule has 18 heavy (non-hydrogen) atoms. The molecular formula is C15H20BrNO. The van der Waals surface area contributed by atoms with Gasteiger partial charge in [-0.1, -0.05) is 34.1 Å². The predicted octanol–water partition coefficient (Wildman–Crippen LogP) is 3.23. The Balaban J connectivity index is 1.88. The first-order valence-electron chi connectivity index (χ1n) is 6.81. The summed E-state index contributed by atoms with van der Waals surface area (Å²) in [6.45, 7) is 1.74. The van der Waals surface area contributed by atoms with E-state index in [1.165, 1.54) is 22.9 Å². The molecule has 0 aromatic heterocycles. The van der Waals surface area contributed by atoms with Gasteiger partial charge in [0.25, 0.3) is 0 Å². The number of halogens is 1. The lowest BCUT2D eigenvalue weighted by Gasteiger charge is -2.50. The molecule has 1 aliphatic carbocycles. The standard InChI is InChI=1S/C15H20BrNO/c16-14-4-2-1-3-13(14)15(9-18-10-15)11-5-7-12(17)8-6-11/h1-4,11-12H,5-10,17H2. The van der Waals surface area contributed by atoms with Crippen molar-refractivity contribution >= 4 is 15.9 Å². The summed E-state index contributed by atoms with van der Waals surface area (Å²) < 4.78 is 6.80. The highest BCUT2D eigenvalue weighted by atomic mass is 79.9. The lowest BCUT2D eigenvalue weighted by atomic mass is 9.63. The molecule has 2 N–H and O–H groups in total. The zero-order valence-electron chi connectivity index (χ0n) is 10.6. The average Bonchev–Trinajstić information content (AvgIpc) is 2.32. The van der Waals surface area contributed by atoms with Crippen molar-refractivity contribution in [3.05, 3.63) is 34.3 Å². The Kier molecular flexibility index (Phi) is 3.48. The minimum absolute atomic E-state index is 0.236. The van der Waals surface area contributed by atoms with E-state index in [2.05, 4.69) is 40.2 Å². The van der Waals surface area contributed by atoms with Gasteiger partial charge in [0.1, 0.15) is 0 Å². The number of nitrogens with two attached hydrogens (primary N) is 1. The molecule has 0 radical (unpaired) electrons. The van der Waals surface area contributed by atoms with Crippen LogP contribution in [0.1, 0.15) is 31.2 Å². The van der Waals surface area contributed by atoms with Gasteiger partial charge < -0.3 is 10.5 Å². The summed E-state index contributed by atoms with van der Waals surface area (Å²) in [7, 11) is 0. The van der Waals surface area contributed by atoms with Gasteiger partial charge in [-0.3, -0.25) is 0 Å². The van der Waals surface area contributed by atoms with E-state index >= 15 is 0 Å². The highest BCUT2D eigenvalue weighted by Gasteiger charge is 2.48. The lowest BCUT2D eigenvalue weighted by molar-refractivity contribution is -0.0987. The fraction of sp³-hybridized carbons (Fsp3) is 0.600. The van der Waals surface area contributed by atoms with E-state index in [-0.39, 0.29) is 5.41 Å². The molecule has 3 rings (SSSR count). The molecule has 0 amide bonds. The second-order valence-electron chi connectivity index (χ2n) is 5.74. The molecule has 1 saturated carbocycles. The molecule has 1 aromatic carbocycles. The van der Waals surface area contributed by atoms with Crippen LogP contribution in [0, 0.1) is 5.92 Å². The molecule has 1 saturated heterocycles. The maximum absolute atomic E-state index is 6.03. The van der Waals surface area contributed by atoms with Gasteiger partial charge in [0, 0.05) is 15.9 Å². The molecule has 98 valence electrons. The molecule has 1 aliphatic heterocycles. The van der Waals surface area contributed by atoms with Crippen molar-refractivity contribution in [1.29, 1.82) is 0 Å². The summed E-state index contributed by atoms with van der Waals surface area (Å²) in [4.78, 5) is 0. The maximum atomic E-state index is 6.03. The topological polar surface area (TPSA) is 35.2 Å². The molecule has 2 nitrogen and oxygen atoms in total. The van der Waals surface area contributed by atoms with Crippen LogP contribution in [0.15, 0.2) is 28.7 Å². The Morgan fingerprint density at radius 2 is 1.78 bits per heavy atom.